The lowest BCUT2D eigenvalue weighted by Gasteiger charge is -2.13. The standard InChI is InChI=1S/C36H52O16/c1-3-47-33(37)27-35(39)51-25-21-45-17-13-41-11-15-43-19-23-49-31-9-5-8-30-29(31)7-6-10-32(30)50-24-20-44-16-12-42-14-18-46-22-26-52-36(40)28-34(38)48-4-2/h5-10H,3-4,11-28H2,1-2H3. The summed E-state index contributed by atoms with van der Waals surface area (Å²) >= 11 is 0. The number of carbonyl (C=O) groups is 4. The number of carbonyl (C=O) groups excluding carboxylic acids is 4. The molecule has 0 aliphatic carbocycles. The molecular formula is C36H52O16. The summed E-state index contributed by atoms with van der Waals surface area (Å²) in [6.07, 6.45) is -0.823. The van der Waals surface area contributed by atoms with E-state index in [0.717, 1.165) is 22.3 Å². The van der Waals surface area contributed by atoms with Crippen molar-refractivity contribution in [2.45, 2.75) is 26.7 Å². The smallest absolute Gasteiger partial charge is 0.317 e. The van der Waals surface area contributed by atoms with Crippen LogP contribution >= 0.6 is 0 Å². The molecule has 2 aromatic rings. The number of hydrogen-bond acceptors (Lipinski definition) is 16. The molecule has 0 bridgehead atoms. The van der Waals surface area contributed by atoms with Crippen LogP contribution in [0.2, 0.25) is 0 Å². The first-order valence-corrected chi connectivity index (χ1v) is 17.3. The predicted molar refractivity (Wildman–Crippen MR) is 184 cm³/mol. The van der Waals surface area contributed by atoms with Crippen LogP contribution in [0, 0.1) is 0 Å². The Morgan fingerprint density at radius 2 is 0.673 bits per heavy atom. The van der Waals surface area contributed by atoms with Gasteiger partial charge in [0.15, 0.2) is 0 Å². The average Bonchev–Trinajstić information content (AvgIpc) is 3.12. The van der Waals surface area contributed by atoms with Gasteiger partial charge >= 0.3 is 23.9 Å². The minimum Gasteiger partial charge on any atom is -0.491 e. The van der Waals surface area contributed by atoms with E-state index in [0.29, 0.717) is 79.3 Å². The summed E-state index contributed by atoms with van der Waals surface area (Å²) < 4.78 is 63.9. The number of hydrogen-bond donors (Lipinski definition) is 0. The van der Waals surface area contributed by atoms with Crippen molar-refractivity contribution in [1.82, 2.24) is 0 Å². The molecule has 0 radical (unpaired) electrons. The van der Waals surface area contributed by atoms with Gasteiger partial charge in [-0.15, -0.1) is 0 Å². The molecule has 0 fully saturated rings. The van der Waals surface area contributed by atoms with Gasteiger partial charge in [0, 0.05) is 10.8 Å². The van der Waals surface area contributed by atoms with Gasteiger partial charge in [-0.25, -0.2) is 0 Å². The third kappa shape index (κ3) is 21.3. The number of fused-ring (bicyclic) bond motifs is 1. The molecule has 0 heterocycles. The van der Waals surface area contributed by atoms with E-state index in [9.17, 15) is 19.2 Å². The zero-order chi connectivity index (χ0) is 37.5. The van der Waals surface area contributed by atoms with Crippen LogP contribution in [0.4, 0.5) is 0 Å². The van der Waals surface area contributed by atoms with Gasteiger partial charge in [0.25, 0.3) is 0 Å². The third-order valence-corrected chi connectivity index (χ3v) is 6.47. The van der Waals surface area contributed by atoms with Crippen molar-refractivity contribution in [3.8, 4) is 11.5 Å². The normalized spacial score (nSPS) is 10.9. The molecule has 0 aliphatic rings. The highest BCUT2D eigenvalue weighted by atomic mass is 16.6. The van der Waals surface area contributed by atoms with Crippen LogP contribution in [-0.2, 0) is 66.5 Å². The third-order valence-electron chi connectivity index (χ3n) is 6.47. The van der Waals surface area contributed by atoms with Crippen LogP contribution in [0.1, 0.15) is 26.7 Å². The summed E-state index contributed by atoms with van der Waals surface area (Å²) in [6, 6.07) is 11.6. The van der Waals surface area contributed by atoms with Crippen molar-refractivity contribution in [3.05, 3.63) is 36.4 Å². The van der Waals surface area contributed by atoms with Gasteiger partial charge < -0.3 is 56.8 Å². The fraction of sp³-hybridized carbons (Fsp3) is 0.611. The second-order valence-corrected chi connectivity index (χ2v) is 10.4. The molecule has 52 heavy (non-hydrogen) atoms. The van der Waals surface area contributed by atoms with E-state index in [4.69, 9.17) is 47.4 Å². The SMILES string of the molecule is CCOC(=O)CC(=O)OCCOCCOCCOCCOc1cccc2c(OCCOCCOCCOCCOC(=O)CC(=O)OCC)cccc12. The van der Waals surface area contributed by atoms with Crippen molar-refractivity contribution in [3.63, 3.8) is 0 Å². The van der Waals surface area contributed by atoms with E-state index >= 15 is 0 Å². The molecule has 16 heteroatoms. The van der Waals surface area contributed by atoms with Crippen LogP contribution in [0.3, 0.4) is 0 Å². The van der Waals surface area contributed by atoms with Crippen LogP contribution < -0.4 is 9.47 Å². The molecule has 0 atom stereocenters. The summed E-state index contributed by atoms with van der Waals surface area (Å²) in [6.45, 7) is 8.70. The van der Waals surface area contributed by atoms with Crippen molar-refractivity contribution in [2.24, 2.45) is 0 Å². The van der Waals surface area contributed by atoms with Gasteiger partial charge in [-0.1, -0.05) is 24.3 Å². The Bertz CT molecular complexity index is 1190. The number of ether oxygens (including phenoxy) is 12. The molecule has 2 rings (SSSR count). The molecule has 0 aliphatic heterocycles. The first kappa shape index (κ1) is 44.1. The zero-order valence-electron chi connectivity index (χ0n) is 30.1. The zero-order valence-corrected chi connectivity index (χ0v) is 30.1. The van der Waals surface area contributed by atoms with E-state index in [-0.39, 0.29) is 39.6 Å². The second kappa shape index (κ2) is 29.5. The molecule has 292 valence electrons. The highest BCUT2D eigenvalue weighted by molar-refractivity contribution is 5.93. The topological polar surface area (TPSA) is 179 Å². The number of benzene rings is 2. The Labute approximate surface area is 304 Å². The van der Waals surface area contributed by atoms with Crippen LogP contribution in [0.25, 0.3) is 10.8 Å². The highest BCUT2D eigenvalue weighted by Crippen LogP contribution is 2.32. The molecule has 0 aromatic heterocycles. The molecule has 0 amide bonds. The maximum absolute atomic E-state index is 11.4. The van der Waals surface area contributed by atoms with E-state index in [1.807, 2.05) is 36.4 Å². The summed E-state index contributed by atoms with van der Waals surface area (Å²) in [7, 11) is 0. The molecule has 0 saturated carbocycles. The van der Waals surface area contributed by atoms with E-state index < -0.39 is 36.7 Å². The van der Waals surface area contributed by atoms with Gasteiger partial charge in [-0.2, -0.15) is 0 Å². The predicted octanol–water partition coefficient (Wildman–Crippen LogP) is 2.69. The Morgan fingerprint density at radius 1 is 0.385 bits per heavy atom. The fourth-order valence-corrected chi connectivity index (χ4v) is 4.20. The Morgan fingerprint density at radius 3 is 1.00 bits per heavy atom. The Kier molecular flexibility index (Phi) is 25.0. The van der Waals surface area contributed by atoms with Gasteiger partial charge in [-0.3, -0.25) is 19.2 Å². The van der Waals surface area contributed by atoms with Crippen LogP contribution in [-0.4, -0.2) is 143 Å². The quantitative estimate of drug-likeness (QED) is 0.0462. The molecular weight excluding hydrogens is 688 g/mol. The Hall–Kier alpha value is -4.06. The van der Waals surface area contributed by atoms with Crippen molar-refractivity contribution in [2.75, 3.05) is 119 Å². The molecule has 16 nitrogen and oxygen atoms in total. The van der Waals surface area contributed by atoms with Crippen LogP contribution in [0.5, 0.6) is 11.5 Å². The van der Waals surface area contributed by atoms with Crippen molar-refractivity contribution < 1.29 is 76.0 Å². The Balaban J connectivity index is 1.46. The fourth-order valence-electron chi connectivity index (χ4n) is 4.20. The maximum atomic E-state index is 11.4. The summed E-state index contributed by atoms with van der Waals surface area (Å²) in [5.74, 6) is -1.08. The largest absolute Gasteiger partial charge is 0.491 e. The molecule has 0 N–H and O–H groups in total. The van der Waals surface area contributed by atoms with Gasteiger partial charge in [0.2, 0.25) is 0 Å². The number of rotatable bonds is 32. The molecule has 0 spiro atoms. The van der Waals surface area contributed by atoms with E-state index in [1.165, 1.54) is 0 Å². The van der Waals surface area contributed by atoms with E-state index in [1.54, 1.807) is 13.8 Å². The average molecular weight is 741 g/mol. The lowest BCUT2D eigenvalue weighted by Crippen LogP contribution is -2.17. The molecule has 0 saturated heterocycles. The van der Waals surface area contributed by atoms with Gasteiger partial charge in [0.1, 0.15) is 50.8 Å². The lowest BCUT2D eigenvalue weighted by molar-refractivity contribution is -0.157. The van der Waals surface area contributed by atoms with Crippen molar-refractivity contribution in [1.29, 1.82) is 0 Å². The van der Waals surface area contributed by atoms with E-state index in [2.05, 4.69) is 9.47 Å². The monoisotopic (exact) mass is 740 g/mol. The highest BCUT2D eigenvalue weighted by Gasteiger charge is 2.12. The summed E-state index contributed by atoms with van der Waals surface area (Å²) in [5, 5.41) is 1.84. The first-order chi connectivity index (χ1) is 25.4. The molecule has 0 unspecified atom stereocenters. The molecule has 2 aromatic carbocycles. The van der Waals surface area contributed by atoms with Gasteiger partial charge in [-0.05, 0) is 26.0 Å². The summed E-state index contributed by atoms with van der Waals surface area (Å²) in [5.41, 5.74) is 0. The second-order valence-electron chi connectivity index (χ2n) is 10.4. The minimum absolute atomic E-state index is 0.0483. The summed E-state index contributed by atoms with van der Waals surface area (Å²) in [4.78, 5) is 45.3. The number of esters is 4. The van der Waals surface area contributed by atoms with Crippen LogP contribution in [0.15, 0.2) is 36.4 Å². The first-order valence-electron chi connectivity index (χ1n) is 17.3. The van der Waals surface area contributed by atoms with Gasteiger partial charge in [0.05, 0.1) is 92.5 Å². The minimum atomic E-state index is -0.649. The van der Waals surface area contributed by atoms with Crippen molar-refractivity contribution >= 4 is 34.6 Å². The lowest BCUT2D eigenvalue weighted by atomic mass is 10.1. The maximum Gasteiger partial charge on any atom is 0.317 e.